The summed E-state index contributed by atoms with van der Waals surface area (Å²) in [5, 5.41) is 4.50. The van der Waals surface area contributed by atoms with Crippen LogP contribution in [0.3, 0.4) is 0 Å². The van der Waals surface area contributed by atoms with E-state index in [0.717, 1.165) is 6.42 Å². The van der Waals surface area contributed by atoms with Crippen LogP contribution in [0.5, 0.6) is 5.75 Å². The van der Waals surface area contributed by atoms with Crippen LogP contribution in [0.4, 0.5) is 0 Å². The van der Waals surface area contributed by atoms with Gasteiger partial charge in [-0.1, -0.05) is 16.8 Å². The van der Waals surface area contributed by atoms with Gasteiger partial charge >= 0.3 is 5.97 Å². The topological polar surface area (TPSA) is 81.9 Å². The number of halogens is 1. The van der Waals surface area contributed by atoms with Crippen molar-refractivity contribution in [3.05, 3.63) is 46.3 Å². The second kappa shape index (κ2) is 7.78. The van der Waals surface area contributed by atoms with Crippen LogP contribution in [0.15, 0.2) is 28.8 Å². The third-order valence-electron chi connectivity index (χ3n) is 4.37. The van der Waals surface area contributed by atoms with E-state index in [1.165, 1.54) is 12.0 Å². The van der Waals surface area contributed by atoms with Gasteiger partial charge < -0.3 is 18.9 Å². The molecule has 138 valence electrons. The van der Waals surface area contributed by atoms with Crippen LogP contribution < -0.4 is 4.74 Å². The molecule has 0 aliphatic carbocycles. The van der Waals surface area contributed by atoms with E-state index in [2.05, 4.69) is 5.16 Å². The van der Waals surface area contributed by atoms with Crippen LogP contribution in [-0.2, 0) is 16.1 Å². The molecule has 1 aromatic heterocycles. The maximum Gasteiger partial charge on any atom is 0.328 e. The normalized spacial score (nSPS) is 16.6. The van der Waals surface area contributed by atoms with Crippen molar-refractivity contribution in [1.29, 1.82) is 0 Å². The predicted octanol–water partition coefficient (Wildman–Crippen LogP) is 2.99. The molecule has 0 bridgehead atoms. The lowest BCUT2D eigenvalue weighted by molar-refractivity contribution is -0.145. The average molecular weight is 379 g/mol. The quantitative estimate of drug-likeness (QED) is 0.744. The molecule has 3 rings (SSSR count). The van der Waals surface area contributed by atoms with Gasteiger partial charge in [-0.05, 0) is 44.0 Å². The second-order valence-electron chi connectivity index (χ2n) is 5.99. The van der Waals surface area contributed by atoms with E-state index in [-0.39, 0.29) is 18.2 Å². The summed E-state index contributed by atoms with van der Waals surface area (Å²) in [6.07, 6.45) is 1.31. The molecule has 1 fully saturated rings. The molecule has 0 N–H and O–H groups in total. The molecule has 1 saturated heterocycles. The first-order valence-corrected chi connectivity index (χ1v) is 8.61. The van der Waals surface area contributed by atoms with Gasteiger partial charge in [0.25, 0.3) is 5.91 Å². The molecular weight excluding hydrogens is 360 g/mol. The van der Waals surface area contributed by atoms with Crippen LogP contribution in [0.25, 0.3) is 0 Å². The van der Waals surface area contributed by atoms with E-state index in [0.29, 0.717) is 35.1 Å². The molecule has 1 atom stereocenters. The molecule has 7 nitrogen and oxygen atoms in total. The number of amides is 1. The van der Waals surface area contributed by atoms with Gasteiger partial charge in [0.05, 0.1) is 12.7 Å². The Morgan fingerprint density at radius 2 is 2.08 bits per heavy atom. The molecule has 0 radical (unpaired) electrons. The summed E-state index contributed by atoms with van der Waals surface area (Å²) < 4.78 is 15.7. The third kappa shape index (κ3) is 3.67. The molecule has 1 aromatic carbocycles. The van der Waals surface area contributed by atoms with E-state index in [1.54, 1.807) is 31.2 Å². The number of carbonyl (C=O) groups excluding carboxylic acids is 2. The number of esters is 1. The van der Waals surface area contributed by atoms with E-state index in [4.69, 9.17) is 25.6 Å². The van der Waals surface area contributed by atoms with Crippen molar-refractivity contribution in [3.63, 3.8) is 0 Å². The van der Waals surface area contributed by atoms with Crippen molar-refractivity contribution in [3.8, 4) is 5.75 Å². The highest BCUT2D eigenvalue weighted by molar-refractivity contribution is 6.30. The molecule has 1 aliphatic heterocycles. The van der Waals surface area contributed by atoms with Crippen LogP contribution >= 0.6 is 11.6 Å². The molecule has 0 saturated carbocycles. The lowest BCUT2D eigenvalue weighted by Crippen LogP contribution is -2.41. The van der Waals surface area contributed by atoms with E-state index < -0.39 is 12.0 Å². The van der Waals surface area contributed by atoms with Crippen molar-refractivity contribution in [2.75, 3.05) is 13.7 Å². The zero-order chi connectivity index (χ0) is 18.7. The van der Waals surface area contributed by atoms with E-state index in [9.17, 15) is 9.59 Å². The zero-order valence-corrected chi connectivity index (χ0v) is 15.3. The van der Waals surface area contributed by atoms with Gasteiger partial charge in [0.15, 0.2) is 5.69 Å². The van der Waals surface area contributed by atoms with E-state index in [1.807, 2.05) is 0 Å². The molecule has 1 amide bonds. The maximum absolute atomic E-state index is 12.9. The van der Waals surface area contributed by atoms with Crippen molar-refractivity contribution >= 4 is 23.5 Å². The number of likely N-dealkylation sites (tertiary alicyclic amines) is 1. The monoisotopic (exact) mass is 378 g/mol. The van der Waals surface area contributed by atoms with Gasteiger partial charge in [0.2, 0.25) is 0 Å². The number of aromatic nitrogens is 1. The van der Waals surface area contributed by atoms with Gasteiger partial charge in [-0.25, -0.2) is 4.79 Å². The fourth-order valence-corrected chi connectivity index (χ4v) is 3.07. The standard InChI is InChI=1S/C18H19ClN2O5/c1-11-14(10-25-13-7-5-12(19)6-8-13)16(20-26-11)17(22)21-9-3-4-15(21)18(23)24-2/h5-8,15H,3-4,9-10H2,1-2H3. The van der Waals surface area contributed by atoms with Gasteiger partial charge in [-0.3, -0.25) is 4.79 Å². The fourth-order valence-electron chi connectivity index (χ4n) is 2.94. The van der Waals surface area contributed by atoms with Crippen molar-refractivity contribution < 1.29 is 23.6 Å². The summed E-state index contributed by atoms with van der Waals surface area (Å²) in [5.41, 5.74) is 0.715. The molecule has 1 unspecified atom stereocenters. The first-order valence-electron chi connectivity index (χ1n) is 8.23. The second-order valence-corrected chi connectivity index (χ2v) is 6.42. The van der Waals surface area contributed by atoms with Crippen molar-refractivity contribution in [1.82, 2.24) is 10.1 Å². The summed E-state index contributed by atoms with van der Waals surface area (Å²) in [7, 11) is 1.31. The summed E-state index contributed by atoms with van der Waals surface area (Å²) >= 11 is 5.86. The average Bonchev–Trinajstić information content (AvgIpc) is 3.27. The van der Waals surface area contributed by atoms with E-state index >= 15 is 0 Å². The van der Waals surface area contributed by atoms with Gasteiger partial charge in [0, 0.05) is 11.6 Å². The van der Waals surface area contributed by atoms with Crippen molar-refractivity contribution in [2.24, 2.45) is 0 Å². The smallest absolute Gasteiger partial charge is 0.328 e. The Kier molecular flexibility index (Phi) is 5.46. The summed E-state index contributed by atoms with van der Waals surface area (Å²) in [4.78, 5) is 26.3. The number of methoxy groups -OCH3 is 1. The Labute approximate surface area is 155 Å². The highest BCUT2D eigenvalue weighted by atomic mass is 35.5. The lowest BCUT2D eigenvalue weighted by atomic mass is 10.1. The largest absolute Gasteiger partial charge is 0.489 e. The number of benzene rings is 1. The first-order chi connectivity index (χ1) is 12.5. The molecule has 26 heavy (non-hydrogen) atoms. The molecule has 8 heteroatoms. The molecule has 0 spiro atoms. The zero-order valence-electron chi connectivity index (χ0n) is 14.5. The Bertz CT molecular complexity index is 802. The minimum Gasteiger partial charge on any atom is -0.489 e. The maximum atomic E-state index is 12.9. The van der Waals surface area contributed by atoms with Gasteiger partial charge in [-0.15, -0.1) is 0 Å². The van der Waals surface area contributed by atoms with Crippen LogP contribution in [0, 0.1) is 6.92 Å². The molecular formula is C18H19ClN2O5. The van der Waals surface area contributed by atoms with Crippen LogP contribution in [-0.4, -0.2) is 41.6 Å². The Morgan fingerprint density at radius 1 is 1.35 bits per heavy atom. The fraction of sp³-hybridized carbons (Fsp3) is 0.389. The van der Waals surface area contributed by atoms with Gasteiger partial charge in [0.1, 0.15) is 24.2 Å². The minimum absolute atomic E-state index is 0.120. The third-order valence-corrected chi connectivity index (χ3v) is 4.62. The first kappa shape index (κ1) is 18.3. The predicted molar refractivity (Wildman–Crippen MR) is 93.1 cm³/mol. The van der Waals surface area contributed by atoms with Gasteiger partial charge in [-0.2, -0.15) is 0 Å². The number of hydrogen-bond acceptors (Lipinski definition) is 6. The van der Waals surface area contributed by atoms with Crippen LogP contribution in [0.1, 0.15) is 34.7 Å². The Balaban J connectivity index is 1.77. The number of nitrogens with zero attached hydrogens (tertiary/aromatic N) is 2. The number of carbonyl (C=O) groups is 2. The number of aryl methyl sites for hydroxylation is 1. The number of rotatable bonds is 5. The lowest BCUT2D eigenvalue weighted by Gasteiger charge is -2.21. The number of ether oxygens (including phenoxy) is 2. The minimum atomic E-state index is -0.588. The summed E-state index contributed by atoms with van der Waals surface area (Å²) in [6.45, 7) is 2.31. The number of hydrogen-bond donors (Lipinski definition) is 0. The Morgan fingerprint density at radius 3 is 2.77 bits per heavy atom. The Hall–Kier alpha value is -2.54. The molecule has 2 aromatic rings. The highest BCUT2D eigenvalue weighted by Gasteiger charge is 2.37. The summed E-state index contributed by atoms with van der Waals surface area (Å²) in [5.74, 6) is 0.331. The molecule has 1 aliphatic rings. The molecule has 2 heterocycles. The summed E-state index contributed by atoms with van der Waals surface area (Å²) in [6, 6.07) is 6.32. The van der Waals surface area contributed by atoms with Crippen LogP contribution in [0.2, 0.25) is 5.02 Å². The SMILES string of the molecule is COC(=O)C1CCCN1C(=O)c1noc(C)c1COc1ccc(Cl)cc1. The highest BCUT2D eigenvalue weighted by Crippen LogP contribution is 2.25. The van der Waals surface area contributed by atoms with Crippen molar-refractivity contribution in [2.45, 2.75) is 32.4 Å².